The number of halogens is 1. The van der Waals surface area contributed by atoms with Gasteiger partial charge in [0, 0.05) is 16.3 Å². The molecule has 1 aromatic heterocycles. The molecule has 0 bridgehead atoms. The van der Waals surface area contributed by atoms with E-state index in [-0.39, 0.29) is 16.2 Å². The van der Waals surface area contributed by atoms with Crippen LogP contribution in [0.5, 0.6) is 0 Å². The first-order chi connectivity index (χ1) is 13.5. The number of hydrogen-bond acceptors (Lipinski definition) is 3. The van der Waals surface area contributed by atoms with E-state index in [0.29, 0.717) is 32.9 Å². The van der Waals surface area contributed by atoms with Crippen LogP contribution in [0.15, 0.2) is 77.6 Å². The molecule has 0 radical (unpaired) electrons. The number of carbonyl (C=O) groups excluding carboxylic acids is 1. The number of anilines is 1. The van der Waals surface area contributed by atoms with Crippen molar-refractivity contribution in [2.24, 2.45) is 0 Å². The van der Waals surface area contributed by atoms with E-state index in [0.717, 1.165) is 0 Å². The van der Waals surface area contributed by atoms with Crippen LogP contribution in [0.4, 0.5) is 5.69 Å². The Hall–Kier alpha value is -3.22. The lowest BCUT2D eigenvalue weighted by molar-refractivity contribution is 0.102. The number of nitrogens with zero attached hydrogens (tertiary/aromatic N) is 1. The second kappa shape index (κ2) is 7.42. The summed E-state index contributed by atoms with van der Waals surface area (Å²) < 4.78 is 1.70. The summed E-state index contributed by atoms with van der Waals surface area (Å²) in [6.45, 7) is 0. The molecule has 2 N–H and O–H groups in total. The average molecular weight is 408 g/mol. The van der Waals surface area contributed by atoms with Gasteiger partial charge in [-0.2, -0.15) is 0 Å². The smallest absolute Gasteiger partial charge is 0.266 e. The fourth-order valence-electron chi connectivity index (χ4n) is 2.91. The number of carbonyl (C=O) groups is 1. The van der Waals surface area contributed by atoms with Crippen molar-refractivity contribution in [1.82, 2.24) is 9.55 Å². The summed E-state index contributed by atoms with van der Waals surface area (Å²) in [5, 5.41) is 3.83. The van der Waals surface area contributed by atoms with Gasteiger partial charge in [0.2, 0.25) is 0 Å². The van der Waals surface area contributed by atoms with E-state index < -0.39 is 0 Å². The highest BCUT2D eigenvalue weighted by Crippen LogP contribution is 2.17. The van der Waals surface area contributed by atoms with Crippen LogP contribution in [0.25, 0.3) is 16.6 Å². The van der Waals surface area contributed by atoms with Crippen LogP contribution in [0.2, 0.25) is 5.02 Å². The Kier molecular flexibility index (Phi) is 4.81. The molecule has 7 heteroatoms. The standard InChI is InChI=1S/C21H14ClN3O2S/c22-14-7-9-15(10-8-14)23-19(26)13-6-11-17-18(12-13)24-21(28)25(20(17)27)16-4-2-1-3-5-16/h1-12H,(H,23,26)(H,24,28). The minimum atomic E-state index is -0.296. The van der Waals surface area contributed by atoms with E-state index >= 15 is 0 Å². The van der Waals surface area contributed by atoms with E-state index in [1.807, 2.05) is 30.3 Å². The SMILES string of the molecule is O=C(Nc1ccc(Cl)cc1)c1ccc2c(=O)n(-c3ccccc3)c(=S)[nH]c2c1. The Morgan fingerprint density at radius 1 is 1.00 bits per heavy atom. The molecule has 0 atom stereocenters. The molecule has 3 aromatic carbocycles. The van der Waals surface area contributed by atoms with Gasteiger partial charge in [-0.25, -0.2) is 0 Å². The number of para-hydroxylation sites is 1. The molecule has 5 nitrogen and oxygen atoms in total. The van der Waals surface area contributed by atoms with Gasteiger partial charge in [-0.05, 0) is 66.8 Å². The predicted molar refractivity (Wildman–Crippen MR) is 114 cm³/mol. The number of fused-ring (bicyclic) bond motifs is 1. The molecular weight excluding hydrogens is 394 g/mol. The molecule has 0 unspecified atom stereocenters. The third kappa shape index (κ3) is 3.47. The highest BCUT2D eigenvalue weighted by molar-refractivity contribution is 7.71. The molecule has 1 heterocycles. The van der Waals surface area contributed by atoms with Crippen LogP contribution in [0.1, 0.15) is 10.4 Å². The summed E-state index contributed by atoms with van der Waals surface area (Å²) in [5.74, 6) is -0.296. The zero-order valence-corrected chi connectivity index (χ0v) is 16.1. The van der Waals surface area contributed by atoms with Crippen LogP contribution in [0, 0.1) is 4.77 Å². The normalized spacial score (nSPS) is 10.8. The number of rotatable bonds is 3. The van der Waals surface area contributed by atoms with Crippen LogP contribution in [-0.2, 0) is 0 Å². The summed E-state index contributed by atoms with van der Waals surface area (Å²) >= 11 is 11.2. The van der Waals surface area contributed by atoms with Gasteiger partial charge in [-0.15, -0.1) is 0 Å². The first-order valence-corrected chi connectivity index (χ1v) is 9.23. The molecule has 0 spiro atoms. The van der Waals surface area contributed by atoms with Gasteiger partial charge in [0.1, 0.15) is 0 Å². The lowest BCUT2D eigenvalue weighted by Gasteiger charge is -2.09. The molecule has 0 saturated heterocycles. The predicted octanol–water partition coefficient (Wildman–Crippen LogP) is 4.95. The molecule has 1 amide bonds. The van der Waals surface area contributed by atoms with Crippen LogP contribution < -0.4 is 10.9 Å². The molecule has 0 aliphatic carbocycles. The van der Waals surface area contributed by atoms with Crippen molar-refractivity contribution in [1.29, 1.82) is 0 Å². The Labute approximate surface area is 170 Å². The minimum absolute atomic E-state index is 0.241. The van der Waals surface area contributed by atoms with Gasteiger partial charge < -0.3 is 10.3 Å². The summed E-state index contributed by atoms with van der Waals surface area (Å²) in [5.41, 5.74) is 1.98. The Bertz CT molecular complexity index is 1300. The van der Waals surface area contributed by atoms with Crippen molar-refractivity contribution >= 4 is 46.3 Å². The number of aromatic amines is 1. The number of amides is 1. The fourth-order valence-corrected chi connectivity index (χ4v) is 3.33. The van der Waals surface area contributed by atoms with E-state index in [1.54, 1.807) is 42.5 Å². The van der Waals surface area contributed by atoms with Gasteiger partial charge in [0.25, 0.3) is 11.5 Å². The highest BCUT2D eigenvalue weighted by atomic mass is 35.5. The maximum Gasteiger partial charge on any atom is 0.266 e. The number of benzene rings is 3. The first kappa shape index (κ1) is 18.2. The average Bonchev–Trinajstić information content (AvgIpc) is 2.70. The van der Waals surface area contributed by atoms with Crippen molar-refractivity contribution < 1.29 is 4.79 Å². The summed E-state index contributed by atoms with van der Waals surface area (Å²) in [6.07, 6.45) is 0. The largest absolute Gasteiger partial charge is 0.331 e. The lowest BCUT2D eigenvalue weighted by Crippen LogP contribution is -2.21. The third-order valence-corrected chi connectivity index (χ3v) is 4.81. The molecule has 28 heavy (non-hydrogen) atoms. The third-order valence-electron chi connectivity index (χ3n) is 4.28. The number of H-pyrrole nitrogens is 1. The van der Waals surface area contributed by atoms with Crippen molar-refractivity contribution in [2.45, 2.75) is 0 Å². The van der Waals surface area contributed by atoms with Crippen LogP contribution in [0.3, 0.4) is 0 Å². The summed E-state index contributed by atoms with van der Waals surface area (Å²) in [6, 6.07) is 20.8. The van der Waals surface area contributed by atoms with E-state index in [4.69, 9.17) is 23.8 Å². The molecule has 0 saturated carbocycles. The van der Waals surface area contributed by atoms with E-state index in [1.165, 1.54) is 4.57 Å². The zero-order valence-electron chi connectivity index (χ0n) is 14.5. The fraction of sp³-hybridized carbons (Fsp3) is 0. The maximum absolute atomic E-state index is 12.9. The first-order valence-electron chi connectivity index (χ1n) is 8.44. The van der Waals surface area contributed by atoms with E-state index in [9.17, 15) is 9.59 Å². The van der Waals surface area contributed by atoms with Crippen molar-refractivity contribution in [2.75, 3.05) is 5.32 Å². The Balaban J connectivity index is 1.74. The quantitative estimate of drug-likeness (QED) is 0.472. The molecule has 138 valence electrons. The molecule has 4 aromatic rings. The molecule has 4 rings (SSSR count). The van der Waals surface area contributed by atoms with Crippen molar-refractivity contribution in [3.05, 3.63) is 98.5 Å². The van der Waals surface area contributed by atoms with Gasteiger partial charge in [-0.1, -0.05) is 29.8 Å². The Morgan fingerprint density at radius 2 is 1.71 bits per heavy atom. The lowest BCUT2D eigenvalue weighted by atomic mass is 10.1. The number of nitrogens with one attached hydrogen (secondary N) is 2. The summed E-state index contributed by atoms with van der Waals surface area (Å²) in [7, 11) is 0. The van der Waals surface area contributed by atoms with Gasteiger partial charge in [0.05, 0.1) is 16.6 Å². The van der Waals surface area contributed by atoms with Crippen LogP contribution >= 0.6 is 23.8 Å². The van der Waals surface area contributed by atoms with Crippen LogP contribution in [-0.4, -0.2) is 15.5 Å². The second-order valence-corrected chi connectivity index (χ2v) is 6.95. The van der Waals surface area contributed by atoms with Crippen molar-refractivity contribution in [3.8, 4) is 5.69 Å². The van der Waals surface area contributed by atoms with Gasteiger partial charge in [-0.3, -0.25) is 14.2 Å². The molecule has 0 aliphatic rings. The molecular formula is C21H14ClN3O2S. The van der Waals surface area contributed by atoms with Gasteiger partial charge in [0.15, 0.2) is 4.77 Å². The monoisotopic (exact) mass is 407 g/mol. The molecule has 0 aliphatic heterocycles. The van der Waals surface area contributed by atoms with Crippen molar-refractivity contribution in [3.63, 3.8) is 0 Å². The number of aromatic nitrogens is 2. The second-order valence-electron chi connectivity index (χ2n) is 6.13. The number of hydrogen-bond donors (Lipinski definition) is 2. The molecule has 0 fully saturated rings. The van der Waals surface area contributed by atoms with E-state index in [2.05, 4.69) is 10.3 Å². The zero-order chi connectivity index (χ0) is 19.7. The maximum atomic E-state index is 12.9. The topological polar surface area (TPSA) is 66.9 Å². The van der Waals surface area contributed by atoms with Gasteiger partial charge >= 0.3 is 0 Å². The Morgan fingerprint density at radius 3 is 2.43 bits per heavy atom. The minimum Gasteiger partial charge on any atom is -0.331 e. The summed E-state index contributed by atoms with van der Waals surface area (Å²) in [4.78, 5) is 28.5. The highest BCUT2D eigenvalue weighted by Gasteiger charge is 2.11.